The Bertz CT molecular complexity index is 1010. The largest absolute Gasteiger partial charge is 0.480 e. The molecule has 2 aromatic rings. The van der Waals surface area contributed by atoms with Gasteiger partial charge in [-0.05, 0) is 41.5 Å². The molecule has 0 fully saturated rings. The molecule has 1 unspecified atom stereocenters. The summed E-state index contributed by atoms with van der Waals surface area (Å²) in [7, 11) is 0. The lowest BCUT2D eigenvalue weighted by molar-refractivity contribution is -0.144. The van der Waals surface area contributed by atoms with Crippen molar-refractivity contribution in [2.24, 2.45) is 5.41 Å². The number of rotatable bonds is 11. The number of fused-ring (bicyclic) bond motifs is 3. The Morgan fingerprint density at radius 2 is 1.62 bits per heavy atom. The molecule has 2 amide bonds. The molecule has 1 aliphatic rings. The van der Waals surface area contributed by atoms with Crippen molar-refractivity contribution in [3.63, 3.8) is 0 Å². The zero-order chi connectivity index (χ0) is 24.7. The number of carbonyl (C=O) groups is 3. The van der Waals surface area contributed by atoms with Crippen LogP contribution in [0, 0.1) is 5.41 Å². The van der Waals surface area contributed by atoms with Gasteiger partial charge in [-0.1, -0.05) is 68.5 Å². The second kappa shape index (κ2) is 11.0. The lowest BCUT2D eigenvalue weighted by atomic mass is 9.81. The lowest BCUT2D eigenvalue weighted by Gasteiger charge is -2.31. The van der Waals surface area contributed by atoms with Gasteiger partial charge in [0.25, 0.3) is 0 Å². The van der Waals surface area contributed by atoms with Gasteiger partial charge in [0.2, 0.25) is 5.91 Å². The third-order valence-electron chi connectivity index (χ3n) is 6.76. The van der Waals surface area contributed by atoms with Crippen molar-refractivity contribution in [3.05, 3.63) is 72.3 Å². The summed E-state index contributed by atoms with van der Waals surface area (Å²) in [6.45, 7) is 7.45. The zero-order valence-corrected chi connectivity index (χ0v) is 19.7. The Labute approximate surface area is 200 Å². The molecule has 180 valence electrons. The average molecular weight is 465 g/mol. The van der Waals surface area contributed by atoms with Crippen molar-refractivity contribution >= 4 is 18.0 Å². The summed E-state index contributed by atoms with van der Waals surface area (Å²) in [6.07, 6.45) is 1.82. The van der Waals surface area contributed by atoms with Gasteiger partial charge in [-0.3, -0.25) is 4.79 Å². The predicted octanol–water partition coefficient (Wildman–Crippen LogP) is 4.48. The van der Waals surface area contributed by atoms with Crippen LogP contribution in [0.15, 0.2) is 61.2 Å². The standard InChI is InChI=1S/C27H32N2O5/c1-4-11-23(24(30)31)29-25(32)27(5-2,6-3)17-28-26(33)34-16-22-20-14-9-7-12-18(20)19-13-8-10-15-21(19)22/h4,7-10,12-15,22-23H,1,5-6,11,16-17H2,2-3H3,(H,28,33)(H,29,32)(H,30,31). The highest BCUT2D eigenvalue weighted by molar-refractivity contribution is 5.88. The second-order valence-corrected chi connectivity index (χ2v) is 8.56. The van der Waals surface area contributed by atoms with Crippen LogP contribution in [0.25, 0.3) is 11.1 Å². The molecular weight excluding hydrogens is 432 g/mol. The first-order chi connectivity index (χ1) is 16.4. The van der Waals surface area contributed by atoms with Crippen LogP contribution in [0.2, 0.25) is 0 Å². The molecule has 0 radical (unpaired) electrons. The highest BCUT2D eigenvalue weighted by Gasteiger charge is 2.37. The fourth-order valence-corrected chi connectivity index (χ4v) is 4.49. The molecule has 0 aliphatic heterocycles. The van der Waals surface area contributed by atoms with Crippen LogP contribution in [0.3, 0.4) is 0 Å². The van der Waals surface area contributed by atoms with Gasteiger partial charge in [0.1, 0.15) is 12.6 Å². The number of alkyl carbamates (subject to hydrolysis) is 1. The van der Waals surface area contributed by atoms with Gasteiger partial charge in [-0.25, -0.2) is 9.59 Å². The minimum absolute atomic E-state index is 0.0446. The highest BCUT2D eigenvalue weighted by Crippen LogP contribution is 2.44. The van der Waals surface area contributed by atoms with Crippen LogP contribution in [-0.4, -0.2) is 42.3 Å². The van der Waals surface area contributed by atoms with E-state index in [9.17, 15) is 19.5 Å². The van der Waals surface area contributed by atoms with Gasteiger partial charge in [-0.2, -0.15) is 0 Å². The summed E-state index contributed by atoms with van der Waals surface area (Å²) < 4.78 is 5.57. The van der Waals surface area contributed by atoms with Gasteiger partial charge in [0, 0.05) is 12.5 Å². The minimum Gasteiger partial charge on any atom is -0.480 e. The second-order valence-electron chi connectivity index (χ2n) is 8.56. The number of carboxylic acids is 1. The Kier molecular flexibility index (Phi) is 8.10. The number of carboxylic acid groups (broad SMARTS) is 1. The average Bonchev–Trinajstić information content (AvgIpc) is 3.17. The van der Waals surface area contributed by atoms with Crippen LogP contribution in [0.4, 0.5) is 4.79 Å². The molecule has 2 aromatic carbocycles. The van der Waals surface area contributed by atoms with Crippen molar-refractivity contribution in [2.75, 3.05) is 13.2 Å². The zero-order valence-electron chi connectivity index (χ0n) is 19.7. The van der Waals surface area contributed by atoms with Crippen LogP contribution >= 0.6 is 0 Å². The number of nitrogens with one attached hydrogen (secondary N) is 2. The molecule has 1 atom stereocenters. The summed E-state index contributed by atoms with van der Waals surface area (Å²) in [6, 6.07) is 15.1. The maximum atomic E-state index is 13.0. The first-order valence-corrected chi connectivity index (χ1v) is 11.6. The van der Waals surface area contributed by atoms with Gasteiger partial charge < -0.3 is 20.5 Å². The van der Waals surface area contributed by atoms with E-state index in [-0.39, 0.29) is 25.5 Å². The lowest BCUT2D eigenvalue weighted by Crippen LogP contribution is -2.52. The van der Waals surface area contributed by atoms with Crippen LogP contribution in [0.5, 0.6) is 0 Å². The van der Waals surface area contributed by atoms with E-state index in [1.54, 1.807) is 0 Å². The smallest absolute Gasteiger partial charge is 0.407 e. The van der Waals surface area contributed by atoms with Crippen molar-refractivity contribution in [1.82, 2.24) is 10.6 Å². The van der Waals surface area contributed by atoms with E-state index in [1.807, 2.05) is 50.2 Å². The topological polar surface area (TPSA) is 105 Å². The van der Waals surface area contributed by atoms with Crippen LogP contribution in [0.1, 0.15) is 50.2 Å². The predicted molar refractivity (Wildman–Crippen MR) is 130 cm³/mol. The molecule has 0 saturated carbocycles. The number of aliphatic carboxylic acids is 1. The van der Waals surface area contributed by atoms with E-state index in [0.29, 0.717) is 12.8 Å². The normalized spacial score (nSPS) is 13.4. The number of benzene rings is 2. The Morgan fingerprint density at radius 1 is 1.06 bits per heavy atom. The summed E-state index contributed by atoms with van der Waals surface area (Å²) in [5.74, 6) is -1.59. The molecule has 1 aliphatic carbocycles. The van der Waals surface area contributed by atoms with E-state index in [4.69, 9.17) is 4.74 Å². The minimum atomic E-state index is -1.13. The van der Waals surface area contributed by atoms with Gasteiger partial charge >= 0.3 is 12.1 Å². The Balaban J connectivity index is 1.63. The number of amides is 2. The fraction of sp³-hybridized carbons (Fsp3) is 0.370. The molecule has 0 spiro atoms. The quantitative estimate of drug-likeness (QED) is 0.426. The summed E-state index contributed by atoms with van der Waals surface area (Å²) in [5.41, 5.74) is 3.59. The van der Waals surface area contributed by atoms with E-state index in [2.05, 4.69) is 29.3 Å². The van der Waals surface area contributed by atoms with Gasteiger partial charge in [-0.15, -0.1) is 6.58 Å². The Morgan fingerprint density at radius 3 is 2.12 bits per heavy atom. The first-order valence-electron chi connectivity index (χ1n) is 11.6. The van der Waals surface area contributed by atoms with Crippen molar-refractivity contribution < 1.29 is 24.2 Å². The SMILES string of the molecule is C=CCC(NC(=O)C(CC)(CC)CNC(=O)OCC1c2ccccc2-c2ccccc21)C(=O)O. The maximum absolute atomic E-state index is 13.0. The molecule has 0 bridgehead atoms. The van der Waals surface area contributed by atoms with E-state index in [0.717, 1.165) is 22.3 Å². The monoisotopic (exact) mass is 464 g/mol. The van der Waals surface area contributed by atoms with Crippen molar-refractivity contribution in [3.8, 4) is 11.1 Å². The summed E-state index contributed by atoms with van der Waals surface area (Å²) in [4.78, 5) is 37.0. The third kappa shape index (κ3) is 5.14. The number of carbonyl (C=O) groups excluding carboxylic acids is 2. The first kappa shape index (κ1) is 25.0. The van der Waals surface area contributed by atoms with Crippen LogP contribution < -0.4 is 10.6 Å². The maximum Gasteiger partial charge on any atom is 0.407 e. The third-order valence-corrected chi connectivity index (χ3v) is 6.76. The van der Waals surface area contributed by atoms with E-state index in [1.165, 1.54) is 6.08 Å². The molecule has 7 nitrogen and oxygen atoms in total. The Hall–Kier alpha value is -3.61. The molecule has 0 saturated heterocycles. The summed E-state index contributed by atoms with van der Waals surface area (Å²) >= 11 is 0. The summed E-state index contributed by atoms with van der Waals surface area (Å²) in [5, 5.41) is 14.6. The number of hydrogen-bond acceptors (Lipinski definition) is 4. The highest BCUT2D eigenvalue weighted by atomic mass is 16.5. The van der Waals surface area contributed by atoms with Gasteiger partial charge in [0.05, 0.1) is 5.41 Å². The van der Waals surface area contributed by atoms with Crippen molar-refractivity contribution in [2.45, 2.75) is 45.1 Å². The fourth-order valence-electron chi connectivity index (χ4n) is 4.49. The van der Waals surface area contributed by atoms with E-state index >= 15 is 0 Å². The molecule has 0 heterocycles. The molecular formula is C27H32N2O5. The van der Waals surface area contributed by atoms with Crippen LogP contribution in [-0.2, 0) is 14.3 Å². The number of ether oxygens (including phenoxy) is 1. The number of hydrogen-bond donors (Lipinski definition) is 3. The molecule has 34 heavy (non-hydrogen) atoms. The van der Waals surface area contributed by atoms with Gasteiger partial charge in [0.15, 0.2) is 0 Å². The molecule has 0 aromatic heterocycles. The van der Waals surface area contributed by atoms with E-state index < -0.39 is 29.4 Å². The molecule has 3 N–H and O–H groups in total. The van der Waals surface area contributed by atoms with Crippen molar-refractivity contribution in [1.29, 1.82) is 0 Å². The molecule has 7 heteroatoms. The molecule has 3 rings (SSSR count).